The van der Waals surface area contributed by atoms with E-state index in [1.807, 2.05) is 0 Å². The van der Waals surface area contributed by atoms with E-state index in [1.165, 1.54) is 6.92 Å². The third-order valence-corrected chi connectivity index (χ3v) is 26.5. The molecule has 0 aromatic rings. The topological polar surface area (TPSA) is 571 Å². The van der Waals surface area contributed by atoms with Gasteiger partial charge >= 0.3 is 5.97 Å². The number of ether oxygens (including phenoxy) is 14. The first-order valence-corrected chi connectivity index (χ1v) is 36.1. The minimum atomic E-state index is -2.34. The maximum absolute atomic E-state index is 15.8. The van der Waals surface area contributed by atoms with Crippen LogP contribution in [0.3, 0.4) is 0 Å². The summed E-state index contributed by atoms with van der Waals surface area (Å²) in [5.41, 5.74) is -9.11. The molecule has 40 atom stereocenters. The Labute approximate surface area is 599 Å². The van der Waals surface area contributed by atoms with Gasteiger partial charge in [-0.15, -0.1) is 0 Å². The molecule has 0 spiro atoms. The van der Waals surface area contributed by atoms with Gasteiger partial charge in [0.25, 0.3) is 0 Å². The van der Waals surface area contributed by atoms with Crippen LogP contribution in [0.4, 0.5) is 0 Å². The summed E-state index contributed by atoms with van der Waals surface area (Å²) in [5.74, 6) is -2.12. The average molecular weight is 1500 g/mol. The van der Waals surface area contributed by atoms with E-state index in [1.54, 1.807) is 6.92 Å². The molecule has 0 aromatic carbocycles. The maximum Gasteiger partial charge on any atom is 0.317 e. The highest BCUT2D eigenvalue weighted by Crippen LogP contribution is 2.76. The number of carbonyl (C=O) groups excluding carboxylic acids is 1. The zero-order valence-electron chi connectivity index (χ0n) is 59.2. The van der Waals surface area contributed by atoms with Gasteiger partial charge in [-0.25, -0.2) is 0 Å². The molecule has 0 aromatic heterocycles. The molecule has 0 radical (unpaired) electrons. The number of esters is 1. The fraction of sp³-hybridized carbons (Fsp3) is 0.956. The summed E-state index contributed by atoms with van der Waals surface area (Å²) < 4.78 is 83.7. The molecule has 11 fully saturated rings. The van der Waals surface area contributed by atoms with Crippen LogP contribution in [-0.2, 0) is 71.1 Å². The van der Waals surface area contributed by atoms with Gasteiger partial charge in [-0.1, -0.05) is 53.2 Å². The first kappa shape index (κ1) is 81.3. The molecule has 21 N–H and O–H groups in total. The van der Waals surface area contributed by atoms with Crippen molar-refractivity contribution >= 4 is 5.97 Å². The Hall–Kier alpha value is -2.15. The average Bonchev–Trinajstić information content (AvgIpc) is 0.777. The molecule has 4 saturated carbocycles. The number of carbonyl (C=O) groups is 1. The number of rotatable bonds is 19. The lowest BCUT2D eigenvalue weighted by atomic mass is 9.33. The van der Waals surface area contributed by atoms with Crippen molar-refractivity contribution in [3.05, 3.63) is 11.6 Å². The molecular formula is C68H110O36. The van der Waals surface area contributed by atoms with Gasteiger partial charge in [0, 0.05) is 5.41 Å². The van der Waals surface area contributed by atoms with Crippen LogP contribution in [0.25, 0.3) is 0 Å². The van der Waals surface area contributed by atoms with Crippen molar-refractivity contribution < 1.29 is 178 Å². The second-order valence-corrected chi connectivity index (χ2v) is 33.3. The molecule has 7 saturated heterocycles. The third-order valence-electron chi connectivity index (χ3n) is 26.5. The molecule has 12 rings (SSSR count). The summed E-state index contributed by atoms with van der Waals surface area (Å²) in [6, 6.07) is 0. The predicted molar refractivity (Wildman–Crippen MR) is 340 cm³/mol. The highest BCUT2D eigenvalue weighted by atomic mass is 16.8. The normalized spacial score (nSPS) is 55.3. The van der Waals surface area contributed by atoms with E-state index >= 15 is 4.79 Å². The quantitative estimate of drug-likeness (QED) is 0.0324. The van der Waals surface area contributed by atoms with Crippen LogP contribution >= 0.6 is 0 Å². The number of allylic oxidation sites excluding steroid dienone is 2. The fourth-order valence-corrected chi connectivity index (χ4v) is 20.1. The lowest BCUT2D eigenvalue weighted by Crippen LogP contribution is -2.70. The van der Waals surface area contributed by atoms with E-state index in [0.717, 1.165) is 5.57 Å². The monoisotopic (exact) mass is 1500 g/mol. The molecule has 0 amide bonds. The molecule has 598 valence electrons. The van der Waals surface area contributed by atoms with Crippen molar-refractivity contribution in [2.45, 2.75) is 295 Å². The van der Waals surface area contributed by atoms with Crippen LogP contribution in [0.15, 0.2) is 11.6 Å². The van der Waals surface area contributed by atoms with Gasteiger partial charge < -0.3 is 174 Å². The fourth-order valence-electron chi connectivity index (χ4n) is 20.1. The first-order chi connectivity index (χ1) is 48.8. The summed E-state index contributed by atoms with van der Waals surface area (Å²) in [5, 5.41) is 234. The number of aliphatic hydroxyl groups excluding tert-OH is 19. The molecule has 7 aliphatic heterocycles. The molecule has 36 heteroatoms. The number of fused-ring (bicyclic) bond motifs is 7. The zero-order valence-corrected chi connectivity index (χ0v) is 59.2. The molecule has 104 heavy (non-hydrogen) atoms. The van der Waals surface area contributed by atoms with Gasteiger partial charge in [-0.05, 0) is 97.7 Å². The van der Waals surface area contributed by atoms with Gasteiger partial charge in [-0.2, -0.15) is 0 Å². The Bertz CT molecular complexity index is 2990. The van der Waals surface area contributed by atoms with E-state index in [0.29, 0.717) is 32.1 Å². The molecule has 0 bridgehead atoms. The number of hydrogen-bond acceptors (Lipinski definition) is 36. The third kappa shape index (κ3) is 13.5. The van der Waals surface area contributed by atoms with Crippen LogP contribution < -0.4 is 0 Å². The van der Waals surface area contributed by atoms with E-state index in [9.17, 15) is 107 Å². The van der Waals surface area contributed by atoms with Gasteiger partial charge in [0.2, 0.25) is 6.29 Å². The highest BCUT2D eigenvalue weighted by molar-refractivity contribution is 5.80. The van der Waals surface area contributed by atoms with Crippen LogP contribution in [0.1, 0.15) is 99.8 Å². The molecule has 5 aliphatic carbocycles. The molecule has 1 unspecified atom stereocenters. The van der Waals surface area contributed by atoms with Crippen molar-refractivity contribution in [3.63, 3.8) is 0 Å². The number of aliphatic hydroxyl groups is 21. The smallest absolute Gasteiger partial charge is 0.317 e. The Morgan fingerprint density at radius 1 is 0.490 bits per heavy atom. The van der Waals surface area contributed by atoms with Gasteiger partial charge in [0.1, 0.15) is 126 Å². The maximum atomic E-state index is 15.8. The number of hydrogen-bond donors (Lipinski definition) is 21. The van der Waals surface area contributed by atoms with Crippen LogP contribution in [0.5, 0.6) is 0 Å². The Kier molecular flexibility index (Phi) is 23.5. The van der Waals surface area contributed by atoms with E-state index in [-0.39, 0.29) is 31.1 Å². The summed E-state index contributed by atoms with van der Waals surface area (Å²) in [4.78, 5) is 15.8. The molecule has 7 heterocycles. The minimum Gasteiger partial charge on any atom is -0.432 e. The van der Waals surface area contributed by atoms with Gasteiger partial charge in [-0.3, -0.25) is 4.79 Å². The summed E-state index contributed by atoms with van der Waals surface area (Å²) in [6.07, 6.45) is -47.8. The minimum absolute atomic E-state index is 0.0544. The summed E-state index contributed by atoms with van der Waals surface area (Å²) >= 11 is 0. The molecular weight excluding hydrogens is 1390 g/mol. The molecule has 36 nitrogen and oxygen atoms in total. The SMILES string of the molecule is C[C@@H]1O[C@@H](O[C@H]2[C@H](OC(=O)[C@]34CCC(C)(C)C[C@H]3C3=CC[C@@H]5[C@@]6(C)C[C@H](O)C(O[C@@H]7O[C@H](CO)[C@@H](O)[C@H](O)[C@H]7O)[C@@](C)(CO)[C@@H]6CC[C@@]5(C)[C@]3(C)C[C@H]4O)OC[C@H](O)[C@@H]2O)[C@H](O)[C@H](O[C@@H]2OC[C@](O)(CO)[C@H]2O)[C@H]1O[C@@H]1OC[C@@H](O)[C@H](O[C@@H]2OC[C@](O)(CO)[C@H]2O[C@@H]2O[C@H](CO)[C@H](O)[C@H](O)[C@H]2O)[C@H]1O. The van der Waals surface area contributed by atoms with Crippen molar-refractivity contribution in [1.29, 1.82) is 0 Å². The lowest BCUT2D eigenvalue weighted by molar-refractivity contribution is -0.385. The van der Waals surface area contributed by atoms with Gasteiger partial charge in [0.15, 0.2) is 43.8 Å². The van der Waals surface area contributed by atoms with Crippen LogP contribution in [0.2, 0.25) is 0 Å². The second-order valence-electron chi connectivity index (χ2n) is 33.3. The van der Waals surface area contributed by atoms with Crippen LogP contribution in [-0.4, -0.2) is 368 Å². The van der Waals surface area contributed by atoms with Crippen molar-refractivity contribution in [3.8, 4) is 0 Å². The summed E-state index contributed by atoms with van der Waals surface area (Å²) in [7, 11) is 0. The van der Waals surface area contributed by atoms with Gasteiger partial charge in [0.05, 0.1) is 83.9 Å². The van der Waals surface area contributed by atoms with E-state index in [2.05, 4.69) is 40.7 Å². The van der Waals surface area contributed by atoms with E-state index in [4.69, 9.17) is 66.3 Å². The molecule has 12 aliphatic rings. The van der Waals surface area contributed by atoms with Crippen molar-refractivity contribution in [2.24, 2.45) is 50.2 Å². The predicted octanol–water partition coefficient (Wildman–Crippen LogP) is -8.06. The second kappa shape index (κ2) is 30.1. The Morgan fingerprint density at radius 3 is 1.64 bits per heavy atom. The Balaban J connectivity index is 0.781. The highest BCUT2D eigenvalue weighted by Gasteiger charge is 2.74. The zero-order chi connectivity index (χ0) is 75.8. The summed E-state index contributed by atoms with van der Waals surface area (Å²) in [6.45, 7) is 6.87. The Morgan fingerprint density at radius 2 is 1.04 bits per heavy atom. The van der Waals surface area contributed by atoms with E-state index < -0.39 is 299 Å². The first-order valence-electron chi connectivity index (χ1n) is 36.1. The van der Waals surface area contributed by atoms with Crippen molar-refractivity contribution in [2.75, 3.05) is 59.5 Å². The van der Waals surface area contributed by atoms with Crippen LogP contribution in [0, 0.1) is 50.2 Å². The van der Waals surface area contributed by atoms with Crippen molar-refractivity contribution in [1.82, 2.24) is 0 Å². The largest absolute Gasteiger partial charge is 0.432 e. The standard InChI is InChI=1S/C68H110O36/c1-26-46(98-53-44(85)47(31(76)20-91-53)99-59-52(67(90,23-73)25-94-59)103-55-43(84)41(82)39(80)33(18-70)97-55)48(100-58-50(87)66(89,22-72)24-93-58)45(86)56(95-26)101-49-37(78)30(75)19-92-57(49)104-60(88)68-13-12-61(2,3)14-28(68)27-8-9-35-62(4)15-29(74)51(102-54-42(83)40(81)38(79)32(17-69)96-54)63(5,21-71)34(62)10-11-64(35,6)65(27,7)16-36(68)77/h8,26,28-59,69-87,89-90H,9-25H2,1-7H3/t26-,28-,29-,30-,31+,32+,33+,34+,35+,36+,37-,38+,39-,40-,41-,42+,43+,44+,45+,46-,47-,48-,49+,50-,51?,52-,53-,54-,55-,56-,57-,58-,59-,62-,63-,64+,65+,66+,67+,68+/m0/s1. The lowest BCUT2D eigenvalue weighted by Gasteiger charge is -2.72.